The number of aromatic amines is 1. The molecule has 0 aliphatic heterocycles. The smallest absolute Gasteiger partial charge is 0.175 e. The van der Waals surface area contributed by atoms with Crippen molar-refractivity contribution < 1.29 is 0 Å². The van der Waals surface area contributed by atoms with Gasteiger partial charge in [-0.2, -0.15) is 5.21 Å². The van der Waals surface area contributed by atoms with Gasteiger partial charge in [0, 0.05) is 6.42 Å². The molecule has 0 fully saturated rings. The van der Waals surface area contributed by atoms with E-state index in [1.54, 1.807) is 0 Å². The lowest BCUT2D eigenvalue weighted by Crippen LogP contribution is -1.90. The number of aromatic nitrogens is 4. The van der Waals surface area contributed by atoms with E-state index in [1.165, 1.54) is 5.56 Å². The molecule has 0 bridgehead atoms. The highest BCUT2D eigenvalue weighted by Gasteiger charge is 1.98. The van der Waals surface area contributed by atoms with E-state index in [1.807, 2.05) is 30.3 Å². The van der Waals surface area contributed by atoms with Crippen molar-refractivity contribution in [2.75, 3.05) is 0 Å². The van der Waals surface area contributed by atoms with E-state index in [9.17, 15) is 0 Å². The van der Waals surface area contributed by atoms with Gasteiger partial charge in [0.05, 0.1) is 0 Å². The van der Waals surface area contributed by atoms with Crippen molar-refractivity contribution in [1.29, 1.82) is 0 Å². The van der Waals surface area contributed by atoms with E-state index in [4.69, 9.17) is 0 Å². The third-order valence-electron chi connectivity index (χ3n) is 1.71. The second kappa shape index (κ2) is 3.80. The van der Waals surface area contributed by atoms with E-state index < -0.39 is 0 Å². The summed E-state index contributed by atoms with van der Waals surface area (Å²) in [7, 11) is 0. The van der Waals surface area contributed by atoms with Gasteiger partial charge in [0.15, 0.2) is 5.82 Å². The molecule has 1 radical (unpaired) electrons. The zero-order valence-corrected chi connectivity index (χ0v) is 7.01. The highest BCUT2D eigenvalue weighted by Crippen LogP contribution is 2.04. The number of nitrogens with zero attached hydrogens (tertiary/aromatic N) is 3. The first kappa shape index (κ1) is 7.91. The Hall–Kier alpha value is -1.71. The number of hydrogen-bond acceptors (Lipinski definition) is 3. The summed E-state index contributed by atoms with van der Waals surface area (Å²) in [4.78, 5) is 0. The van der Waals surface area contributed by atoms with Gasteiger partial charge in [0.1, 0.15) is 0 Å². The van der Waals surface area contributed by atoms with Gasteiger partial charge in [0.25, 0.3) is 0 Å². The van der Waals surface area contributed by atoms with Crippen LogP contribution in [0.15, 0.2) is 30.3 Å². The lowest BCUT2D eigenvalue weighted by molar-refractivity contribution is 0.881. The molecule has 0 unspecified atom stereocenters. The van der Waals surface area contributed by atoms with Crippen molar-refractivity contribution in [3.8, 4) is 0 Å². The Balaban J connectivity index is 1.94. The quantitative estimate of drug-likeness (QED) is 0.753. The summed E-state index contributed by atoms with van der Waals surface area (Å²) >= 11 is 0. The summed E-state index contributed by atoms with van der Waals surface area (Å²) in [6.07, 6.45) is 2.77. The molecular formula is C9H9N4. The summed E-state index contributed by atoms with van der Waals surface area (Å²) < 4.78 is 0. The van der Waals surface area contributed by atoms with Crippen LogP contribution in [0.4, 0.5) is 0 Å². The van der Waals surface area contributed by atoms with Crippen molar-refractivity contribution >= 4 is 0 Å². The summed E-state index contributed by atoms with van der Waals surface area (Å²) in [5.41, 5.74) is 1.17. The Kier molecular flexibility index (Phi) is 2.31. The summed E-state index contributed by atoms with van der Waals surface area (Å²) in [5.74, 6) is 0.712. The topological polar surface area (TPSA) is 54.5 Å². The van der Waals surface area contributed by atoms with Crippen LogP contribution in [-0.4, -0.2) is 20.6 Å². The number of benzene rings is 1. The van der Waals surface area contributed by atoms with E-state index in [-0.39, 0.29) is 0 Å². The maximum atomic E-state index is 3.85. The molecule has 1 aromatic carbocycles. The van der Waals surface area contributed by atoms with Crippen molar-refractivity contribution in [1.82, 2.24) is 20.6 Å². The first-order valence-corrected chi connectivity index (χ1v) is 4.06. The van der Waals surface area contributed by atoms with Gasteiger partial charge < -0.3 is 0 Å². The number of H-pyrrole nitrogens is 1. The Morgan fingerprint density at radius 3 is 2.77 bits per heavy atom. The van der Waals surface area contributed by atoms with Crippen molar-refractivity contribution in [2.45, 2.75) is 6.42 Å². The largest absolute Gasteiger partial charge is 0.177 e. The fourth-order valence-electron chi connectivity index (χ4n) is 1.07. The van der Waals surface area contributed by atoms with Gasteiger partial charge in [0.2, 0.25) is 0 Å². The maximum Gasteiger partial charge on any atom is 0.175 e. The molecule has 4 heteroatoms. The van der Waals surface area contributed by atoms with Crippen molar-refractivity contribution in [2.24, 2.45) is 0 Å². The lowest BCUT2D eigenvalue weighted by Gasteiger charge is -1.95. The number of hydrogen-bond donors (Lipinski definition) is 1. The normalized spacial score (nSPS) is 10.2. The van der Waals surface area contributed by atoms with Crippen LogP contribution in [0.5, 0.6) is 0 Å². The number of rotatable bonds is 3. The number of tetrazole rings is 1. The minimum absolute atomic E-state index is 0.709. The van der Waals surface area contributed by atoms with E-state index in [0.717, 1.165) is 0 Å². The fraction of sp³-hybridized carbons (Fsp3) is 0.111. The predicted octanol–water partition coefficient (Wildman–Crippen LogP) is 0.995. The van der Waals surface area contributed by atoms with E-state index in [0.29, 0.717) is 12.2 Å². The Morgan fingerprint density at radius 2 is 2.08 bits per heavy atom. The molecule has 0 saturated heterocycles. The van der Waals surface area contributed by atoms with Gasteiger partial charge in [-0.3, -0.25) is 0 Å². The molecule has 1 aromatic heterocycles. The molecule has 0 aliphatic carbocycles. The monoisotopic (exact) mass is 173 g/mol. The molecule has 2 aromatic rings. The molecule has 2 rings (SSSR count). The second-order valence-electron chi connectivity index (χ2n) is 2.65. The Labute approximate surface area is 76.0 Å². The van der Waals surface area contributed by atoms with E-state index >= 15 is 0 Å². The average Bonchev–Trinajstić information content (AvgIpc) is 2.69. The summed E-state index contributed by atoms with van der Waals surface area (Å²) in [5, 5.41) is 13.6. The first-order valence-electron chi connectivity index (χ1n) is 4.06. The van der Waals surface area contributed by atoms with Crippen LogP contribution in [0.3, 0.4) is 0 Å². The standard InChI is InChI=1S/C9H9N4/c1-2-4-8(5-3-1)6-7-9-10-12-13-11-9/h1-6H,7H2,(H,10,11,12,13). The van der Waals surface area contributed by atoms with Crippen LogP contribution in [0.25, 0.3) is 0 Å². The minimum Gasteiger partial charge on any atom is -0.177 e. The molecule has 0 atom stereocenters. The molecule has 1 N–H and O–H groups in total. The summed E-state index contributed by atoms with van der Waals surface area (Å²) in [6.45, 7) is 0. The zero-order chi connectivity index (χ0) is 8.93. The van der Waals surface area contributed by atoms with Crippen LogP contribution in [0.1, 0.15) is 11.4 Å². The van der Waals surface area contributed by atoms with E-state index in [2.05, 4.69) is 27.0 Å². The molecular weight excluding hydrogens is 164 g/mol. The van der Waals surface area contributed by atoms with Gasteiger partial charge in [-0.25, -0.2) is 0 Å². The second-order valence-corrected chi connectivity index (χ2v) is 2.65. The third-order valence-corrected chi connectivity index (χ3v) is 1.71. The first-order chi connectivity index (χ1) is 6.45. The highest BCUT2D eigenvalue weighted by atomic mass is 15.5. The van der Waals surface area contributed by atoms with Crippen LogP contribution < -0.4 is 0 Å². The molecule has 0 spiro atoms. The molecule has 4 nitrogen and oxygen atoms in total. The molecule has 65 valence electrons. The lowest BCUT2D eigenvalue weighted by atomic mass is 10.1. The molecule has 13 heavy (non-hydrogen) atoms. The molecule has 0 saturated carbocycles. The van der Waals surface area contributed by atoms with Crippen LogP contribution in [0, 0.1) is 6.42 Å². The van der Waals surface area contributed by atoms with Crippen LogP contribution in [-0.2, 0) is 6.42 Å². The maximum absolute atomic E-state index is 3.85. The molecule has 1 heterocycles. The van der Waals surface area contributed by atoms with Gasteiger partial charge in [-0.1, -0.05) is 35.5 Å². The van der Waals surface area contributed by atoms with Crippen molar-refractivity contribution in [3.05, 3.63) is 48.1 Å². The summed E-state index contributed by atoms with van der Waals surface area (Å²) in [6, 6.07) is 10.1. The predicted molar refractivity (Wildman–Crippen MR) is 47.7 cm³/mol. The SMILES string of the molecule is [CH](Cc1nn[nH]n1)c1ccccc1. The Bertz CT molecular complexity index is 341. The molecule has 0 amide bonds. The van der Waals surface area contributed by atoms with Gasteiger partial charge in [-0.05, 0) is 12.0 Å². The zero-order valence-electron chi connectivity index (χ0n) is 7.01. The minimum atomic E-state index is 0.709. The third kappa shape index (κ3) is 2.11. The average molecular weight is 173 g/mol. The number of nitrogens with one attached hydrogen (secondary N) is 1. The highest BCUT2D eigenvalue weighted by molar-refractivity contribution is 5.23. The Morgan fingerprint density at radius 1 is 1.23 bits per heavy atom. The van der Waals surface area contributed by atoms with Crippen molar-refractivity contribution in [3.63, 3.8) is 0 Å². The molecule has 0 aliphatic rings. The van der Waals surface area contributed by atoms with Gasteiger partial charge in [-0.15, -0.1) is 10.2 Å². The van der Waals surface area contributed by atoms with Crippen LogP contribution >= 0.6 is 0 Å². The fourth-order valence-corrected chi connectivity index (χ4v) is 1.07. The van der Waals surface area contributed by atoms with Crippen LogP contribution in [0.2, 0.25) is 0 Å². The van der Waals surface area contributed by atoms with Gasteiger partial charge >= 0.3 is 0 Å².